The van der Waals surface area contributed by atoms with Crippen LogP contribution in [0.25, 0.3) is 0 Å². The number of nitrogens with one attached hydrogen (secondary N) is 2. The van der Waals surface area contributed by atoms with Gasteiger partial charge < -0.3 is 10.6 Å². The molecule has 2 aromatic heterocycles. The van der Waals surface area contributed by atoms with Crippen LogP contribution in [0.5, 0.6) is 0 Å². The first kappa shape index (κ1) is 15.7. The molecule has 2 rings (SSSR count). The Balaban J connectivity index is 2.26. The second-order valence-corrected chi connectivity index (χ2v) is 6.37. The zero-order valence-corrected chi connectivity index (χ0v) is 13.4. The van der Waals surface area contributed by atoms with Crippen molar-refractivity contribution in [3.05, 3.63) is 39.1 Å². The number of anilines is 2. The largest absolute Gasteiger partial charge is 0.368 e. The van der Waals surface area contributed by atoms with Crippen molar-refractivity contribution < 1.29 is 8.78 Å². The summed E-state index contributed by atoms with van der Waals surface area (Å²) in [4.78, 5) is 6.38. The third-order valence-electron chi connectivity index (χ3n) is 3.17. The van der Waals surface area contributed by atoms with Crippen molar-refractivity contribution >= 4 is 23.0 Å². The van der Waals surface area contributed by atoms with Crippen molar-refractivity contribution in [2.75, 3.05) is 17.2 Å². The maximum Gasteiger partial charge on any atom is 0.168 e. The van der Waals surface area contributed by atoms with Gasteiger partial charge in [-0.3, -0.25) is 0 Å². The van der Waals surface area contributed by atoms with Crippen LogP contribution in [-0.4, -0.2) is 11.5 Å². The molecule has 6 heteroatoms. The molecule has 0 spiro atoms. The zero-order chi connectivity index (χ0) is 15.6. The molecule has 114 valence electrons. The van der Waals surface area contributed by atoms with Gasteiger partial charge in [-0.15, -0.1) is 11.3 Å². The highest BCUT2D eigenvalue weighted by Gasteiger charge is 2.16. The van der Waals surface area contributed by atoms with E-state index in [2.05, 4.69) is 21.7 Å². The number of aromatic nitrogens is 1. The molecule has 21 heavy (non-hydrogen) atoms. The Labute approximate surface area is 127 Å². The van der Waals surface area contributed by atoms with Gasteiger partial charge in [0.05, 0.1) is 6.04 Å². The second kappa shape index (κ2) is 6.39. The van der Waals surface area contributed by atoms with Gasteiger partial charge in [0.15, 0.2) is 23.3 Å². The molecule has 0 radical (unpaired) electrons. The van der Waals surface area contributed by atoms with E-state index in [1.807, 2.05) is 27.7 Å². The summed E-state index contributed by atoms with van der Waals surface area (Å²) in [6.07, 6.45) is 0. The molecule has 0 aliphatic heterocycles. The monoisotopic (exact) mass is 311 g/mol. The first-order chi connectivity index (χ1) is 9.92. The van der Waals surface area contributed by atoms with Gasteiger partial charge in [0.2, 0.25) is 0 Å². The van der Waals surface area contributed by atoms with E-state index >= 15 is 0 Å². The minimum Gasteiger partial charge on any atom is -0.368 e. The fourth-order valence-corrected chi connectivity index (χ4v) is 3.24. The predicted molar refractivity (Wildman–Crippen MR) is 84.1 cm³/mol. The minimum atomic E-state index is -0.689. The van der Waals surface area contributed by atoms with Gasteiger partial charge in [-0.1, -0.05) is 0 Å². The maximum atomic E-state index is 13.9. The first-order valence-corrected chi connectivity index (χ1v) is 7.67. The molecule has 1 atom stereocenters. The number of aryl methyl sites for hydroxylation is 2. The number of hydrogen-bond acceptors (Lipinski definition) is 4. The molecular formula is C15H19F2N3S. The summed E-state index contributed by atoms with van der Waals surface area (Å²) < 4.78 is 27.4. The Hall–Kier alpha value is -1.69. The molecule has 0 amide bonds. The molecule has 0 saturated carbocycles. The van der Waals surface area contributed by atoms with Crippen LogP contribution in [0.4, 0.5) is 20.4 Å². The Morgan fingerprint density at radius 1 is 1.19 bits per heavy atom. The average molecular weight is 311 g/mol. The summed E-state index contributed by atoms with van der Waals surface area (Å²) in [5.74, 6) is -1.25. The van der Waals surface area contributed by atoms with E-state index < -0.39 is 11.6 Å². The molecule has 1 unspecified atom stereocenters. The molecule has 0 saturated heterocycles. The lowest BCUT2D eigenvalue weighted by molar-refractivity contribution is 0.576. The Morgan fingerprint density at radius 3 is 2.43 bits per heavy atom. The Bertz CT molecular complexity index is 640. The summed E-state index contributed by atoms with van der Waals surface area (Å²) in [5.41, 5.74) is 1.10. The highest BCUT2D eigenvalue weighted by molar-refractivity contribution is 7.12. The molecule has 0 bridgehead atoms. The summed E-state index contributed by atoms with van der Waals surface area (Å²) in [6.45, 7) is 8.36. The standard InChI is InChI=1S/C15H19F2N3S/c1-5-18-14-12(16)7-13(17)15(20-14)19-9(3)11-6-8(2)21-10(11)4/h6-7,9H,5H2,1-4H3,(H2,18,19,20). The number of thiophene rings is 1. The third kappa shape index (κ3) is 3.50. The smallest absolute Gasteiger partial charge is 0.168 e. The van der Waals surface area contributed by atoms with Crippen LogP contribution < -0.4 is 10.6 Å². The van der Waals surface area contributed by atoms with Gasteiger partial charge >= 0.3 is 0 Å². The number of rotatable bonds is 5. The van der Waals surface area contributed by atoms with Crippen molar-refractivity contribution in [3.63, 3.8) is 0 Å². The Morgan fingerprint density at radius 2 is 1.86 bits per heavy atom. The lowest BCUT2D eigenvalue weighted by Crippen LogP contribution is -2.12. The fraction of sp³-hybridized carbons (Fsp3) is 0.400. The van der Waals surface area contributed by atoms with E-state index in [-0.39, 0.29) is 17.7 Å². The van der Waals surface area contributed by atoms with Crippen LogP contribution >= 0.6 is 11.3 Å². The van der Waals surface area contributed by atoms with Crippen LogP contribution in [0.15, 0.2) is 12.1 Å². The summed E-state index contributed by atoms with van der Waals surface area (Å²) in [6, 6.07) is 2.83. The van der Waals surface area contributed by atoms with Gasteiger partial charge in [-0.25, -0.2) is 13.8 Å². The van der Waals surface area contributed by atoms with Crippen LogP contribution in [0.2, 0.25) is 0 Å². The number of nitrogens with zero attached hydrogens (tertiary/aromatic N) is 1. The molecule has 0 aliphatic rings. The van der Waals surface area contributed by atoms with Crippen molar-refractivity contribution in [2.45, 2.75) is 33.7 Å². The number of hydrogen-bond donors (Lipinski definition) is 2. The molecule has 0 aliphatic carbocycles. The quantitative estimate of drug-likeness (QED) is 0.844. The SMILES string of the molecule is CCNc1nc(NC(C)c2cc(C)sc2C)c(F)cc1F. The van der Waals surface area contributed by atoms with Crippen LogP contribution in [0.3, 0.4) is 0 Å². The van der Waals surface area contributed by atoms with Gasteiger partial charge in [-0.05, 0) is 39.3 Å². The molecular weight excluding hydrogens is 292 g/mol. The van der Waals surface area contributed by atoms with Crippen molar-refractivity contribution in [1.29, 1.82) is 0 Å². The fourth-order valence-electron chi connectivity index (χ4n) is 2.22. The molecule has 2 aromatic rings. The van der Waals surface area contributed by atoms with Gasteiger partial charge in [0.1, 0.15) is 0 Å². The lowest BCUT2D eigenvalue weighted by atomic mass is 10.1. The molecule has 2 N–H and O–H groups in total. The van der Waals surface area contributed by atoms with E-state index in [1.54, 1.807) is 11.3 Å². The predicted octanol–water partition coefficient (Wildman–Crippen LogP) is 4.64. The average Bonchev–Trinajstić information content (AvgIpc) is 2.74. The van der Waals surface area contributed by atoms with Crippen molar-refractivity contribution in [1.82, 2.24) is 4.98 Å². The molecule has 3 nitrogen and oxygen atoms in total. The summed E-state index contributed by atoms with van der Waals surface area (Å²) >= 11 is 1.70. The van der Waals surface area contributed by atoms with Crippen LogP contribution in [0, 0.1) is 25.5 Å². The third-order valence-corrected chi connectivity index (χ3v) is 4.15. The normalized spacial score (nSPS) is 12.3. The van der Waals surface area contributed by atoms with Crippen LogP contribution in [-0.2, 0) is 0 Å². The maximum absolute atomic E-state index is 13.9. The van der Waals surface area contributed by atoms with Crippen molar-refractivity contribution in [3.8, 4) is 0 Å². The van der Waals surface area contributed by atoms with E-state index in [1.165, 1.54) is 9.75 Å². The van der Waals surface area contributed by atoms with Gasteiger partial charge in [0.25, 0.3) is 0 Å². The number of pyridine rings is 1. The van der Waals surface area contributed by atoms with E-state index in [0.29, 0.717) is 6.54 Å². The van der Waals surface area contributed by atoms with E-state index in [9.17, 15) is 8.78 Å². The summed E-state index contributed by atoms with van der Waals surface area (Å²) in [7, 11) is 0. The van der Waals surface area contributed by atoms with Crippen LogP contribution in [0.1, 0.15) is 35.2 Å². The summed E-state index contributed by atoms with van der Waals surface area (Å²) in [5, 5.41) is 5.80. The topological polar surface area (TPSA) is 37.0 Å². The van der Waals surface area contributed by atoms with E-state index in [0.717, 1.165) is 11.6 Å². The minimum absolute atomic E-state index is 0.0584. The second-order valence-electron chi connectivity index (χ2n) is 4.91. The highest BCUT2D eigenvalue weighted by atomic mass is 32.1. The van der Waals surface area contributed by atoms with Crippen molar-refractivity contribution in [2.24, 2.45) is 0 Å². The lowest BCUT2D eigenvalue weighted by Gasteiger charge is -2.16. The Kier molecular flexibility index (Phi) is 4.77. The number of halogens is 2. The zero-order valence-electron chi connectivity index (χ0n) is 12.6. The first-order valence-electron chi connectivity index (χ1n) is 6.85. The molecule has 0 aromatic carbocycles. The molecule has 2 heterocycles. The van der Waals surface area contributed by atoms with E-state index in [4.69, 9.17) is 0 Å². The molecule has 0 fully saturated rings. The highest BCUT2D eigenvalue weighted by Crippen LogP contribution is 2.29. The van der Waals surface area contributed by atoms with Gasteiger partial charge in [0, 0.05) is 22.4 Å². The van der Waals surface area contributed by atoms with Gasteiger partial charge in [-0.2, -0.15) is 0 Å².